The Hall–Kier alpha value is -2.86. The van der Waals surface area contributed by atoms with Crippen molar-refractivity contribution in [2.75, 3.05) is 4.90 Å². The lowest BCUT2D eigenvalue weighted by Gasteiger charge is -2.32. The fraction of sp³-hybridized carbons (Fsp3) is 0. The summed E-state index contributed by atoms with van der Waals surface area (Å²) in [6.45, 7) is 0. The van der Waals surface area contributed by atoms with E-state index in [2.05, 4.69) is 132 Å². The lowest BCUT2D eigenvalue weighted by Crippen LogP contribution is -2.13. The van der Waals surface area contributed by atoms with Gasteiger partial charge in [0.15, 0.2) is 0 Å². The summed E-state index contributed by atoms with van der Waals surface area (Å²) in [6.07, 6.45) is 0. The standard InChI is InChI=1S/C30H18Br3NO/c31-19-13-15-27-24(17-19)22-9-4-5-12-29(22)35-30-23(10-6-11-26(30)33)25-18-20(32)14-16-28(25)34(27)21-7-2-1-3-8-21/h1-18H. The second-order valence-corrected chi connectivity index (χ2v) is 10.9. The van der Waals surface area contributed by atoms with E-state index in [0.717, 1.165) is 64.2 Å². The Morgan fingerprint density at radius 1 is 0.514 bits per heavy atom. The van der Waals surface area contributed by atoms with Crippen molar-refractivity contribution < 1.29 is 4.74 Å². The fourth-order valence-corrected chi connectivity index (χ4v) is 5.71. The van der Waals surface area contributed by atoms with Crippen molar-refractivity contribution in [1.29, 1.82) is 0 Å². The van der Waals surface area contributed by atoms with E-state index in [9.17, 15) is 0 Å². The molecule has 0 saturated heterocycles. The van der Waals surface area contributed by atoms with Crippen molar-refractivity contribution >= 4 is 64.9 Å². The molecule has 1 aliphatic heterocycles. The van der Waals surface area contributed by atoms with Crippen LogP contribution in [0.25, 0.3) is 22.3 Å². The van der Waals surface area contributed by atoms with Crippen LogP contribution in [-0.2, 0) is 0 Å². The molecule has 0 unspecified atom stereocenters. The highest BCUT2D eigenvalue weighted by atomic mass is 79.9. The van der Waals surface area contributed by atoms with E-state index < -0.39 is 0 Å². The van der Waals surface area contributed by atoms with Crippen molar-refractivity contribution in [2.45, 2.75) is 0 Å². The molecule has 170 valence electrons. The van der Waals surface area contributed by atoms with Crippen LogP contribution in [-0.4, -0.2) is 0 Å². The number of rotatable bonds is 1. The molecule has 35 heavy (non-hydrogen) atoms. The van der Waals surface area contributed by atoms with Gasteiger partial charge in [0.1, 0.15) is 11.5 Å². The molecule has 0 aromatic heterocycles. The van der Waals surface area contributed by atoms with Crippen LogP contribution >= 0.6 is 47.8 Å². The second kappa shape index (κ2) is 9.30. The van der Waals surface area contributed by atoms with E-state index in [1.807, 2.05) is 30.3 Å². The number of fused-ring (bicyclic) bond motifs is 6. The van der Waals surface area contributed by atoms with E-state index in [1.54, 1.807) is 0 Å². The molecular formula is C30H18Br3NO. The van der Waals surface area contributed by atoms with Gasteiger partial charge in [-0.1, -0.05) is 80.4 Å². The number of hydrogen-bond acceptors (Lipinski definition) is 2. The summed E-state index contributed by atoms with van der Waals surface area (Å²) in [5, 5.41) is 0. The zero-order valence-electron chi connectivity index (χ0n) is 18.4. The van der Waals surface area contributed by atoms with Crippen LogP contribution in [0.5, 0.6) is 11.5 Å². The summed E-state index contributed by atoms with van der Waals surface area (Å²) >= 11 is 11.2. The quantitative estimate of drug-likeness (QED) is 0.176. The largest absolute Gasteiger partial charge is 0.455 e. The van der Waals surface area contributed by atoms with Gasteiger partial charge in [0.25, 0.3) is 0 Å². The highest BCUT2D eigenvalue weighted by Crippen LogP contribution is 2.52. The van der Waals surface area contributed by atoms with E-state index in [0.29, 0.717) is 0 Å². The molecule has 1 heterocycles. The second-order valence-electron chi connectivity index (χ2n) is 8.21. The SMILES string of the molecule is Brc1ccc2c(c1)-c1ccccc1Oc1c(Br)cccc1-c1cc(Br)ccc1N2c1ccccc1. The molecule has 2 nitrogen and oxygen atoms in total. The summed E-state index contributed by atoms with van der Waals surface area (Å²) in [4.78, 5) is 2.33. The first-order valence-electron chi connectivity index (χ1n) is 11.1. The first kappa shape index (κ1) is 22.6. The van der Waals surface area contributed by atoms with Crippen LogP contribution in [0.3, 0.4) is 0 Å². The zero-order valence-corrected chi connectivity index (χ0v) is 23.1. The Morgan fingerprint density at radius 3 is 1.83 bits per heavy atom. The molecule has 0 N–H and O–H groups in total. The molecule has 0 fully saturated rings. The number of para-hydroxylation sites is 3. The minimum absolute atomic E-state index is 0.783. The van der Waals surface area contributed by atoms with E-state index in [1.165, 1.54) is 0 Å². The molecule has 0 radical (unpaired) electrons. The third-order valence-electron chi connectivity index (χ3n) is 6.06. The summed E-state index contributed by atoms with van der Waals surface area (Å²) in [7, 11) is 0. The molecular weight excluding hydrogens is 630 g/mol. The average molecular weight is 648 g/mol. The summed E-state index contributed by atoms with van der Waals surface area (Å²) < 4.78 is 9.60. The van der Waals surface area contributed by atoms with E-state index >= 15 is 0 Å². The number of hydrogen-bond donors (Lipinski definition) is 0. The molecule has 0 bridgehead atoms. The van der Waals surface area contributed by atoms with Crippen LogP contribution in [0, 0.1) is 0 Å². The summed E-state index contributed by atoms with van der Waals surface area (Å²) in [5.41, 5.74) is 7.37. The minimum Gasteiger partial charge on any atom is -0.455 e. The Bertz CT molecular complexity index is 1570. The van der Waals surface area contributed by atoms with Gasteiger partial charge >= 0.3 is 0 Å². The molecule has 0 saturated carbocycles. The fourth-order valence-electron chi connectivity index (χ4n) is 4.54. The van der Waals surface area contributed by atoms with Crippen molar-refractivity contribution in [1.82, 2.24) is 0 Å². The van der Waals surface area contributed by atoms with Gasteiger partial charge in [-0.3, -0.25) is 0 Å². The van der Waals surface area contributed by atoms with Gasteiger partial charge in [-0.2, -0.15) is 0 Å². The monoisotopic (exact) mass is 645 g/mol. The van der Waals surface area contributed by atoms with E-state index in [4.69, 9.17) is 4.74 Å². The van der Waals surface area contributed by atoms with Crippen LogP contribution in [0.2, 0.25) is 0 Å². The van der Waals surface area contributed by atoms with Crippen molar-refractivity contribution in [2.24, 2.45) is 0 Å². The zero-order chi connectivity index (χ0) is 23.9. The van der Waals surface area contributed by atoms with Crippen molar-refractivity contribution in [3.05, 3.63) is 123 Å². The van der Waals surface area contributed by atoms with Gasteiger partial charge in [0.2, 0.25) is 0 Å². The maximum atomic E-state index is 6.69. The molecule has 0 aliphatic carbocycles. The first-order chi connectivity index (χ1) is 17.1. The molecule has 0 spiro atoms. The summed E-state index contributed by atoms with van der Waals surface area (Å²) in [6, 6.07) is 37.7. The Kier molecular flexibility index (Phi) is 6.01. The Balaban J connectivity index is 1.79. The average Bonchev–Trinajstić information content (AvgIpc) is 2.88. The van der Waals surface area contributed by atoms with Gasteiger partial charge in [-0.05, 0) is 76.6 Å². The van der Waals surface area contributed by atoms with Crippen LogP contribution in [0.15, 0.2) is 123 Å². The normalized spacial score (nSPS) is 12.0. The molecule has 5 aromatic carbocycles. The first-order valence-corrected chi connectivity index (χ1v) is 13.5. The molecule has 5 aromatic rings. The van der Waals surface area contributed by atoms with Gasteiger partial charge in [-0.25, -0.2) is 0 Å². The van der Waals surface area contributed by atoms with E-state index in [-0.39, 0.29) is 0 Å². The Morgan fingerprint density at radius 2 is 1.11 bits per heavy atom. The predicted molar refractivity (Wildman–Crippen MR) is 155 cm³/mol. The van der Waals surface area contributed by atoms with Gasteiger partial charge in [0, 0.05) is 36.9 Å². The number of halogens is 3. The highest BCUT2D eigenvalue weighted by Gasteiger charge is 2.26. The lowest BCUT2D eigenvalue weighted by molar-refractivity contribution is 0.483. The van der Waals surface area contributed by atoms with Crippen molar-refractivity contribution in [3.63, 3.8) is 0 Å². The van der Waals surface area contributed by atoms with Crippen molar-refractivity contribution in [3.8, 4) is 33.8 Å². The number of anilines is 3. The molecule has 0 amide bonds. The lowest BCUT2D eigenvalue weighted by atomic mass is 9.97. The molecule has 0 atom stereocenters. The maximum absolute atomic E-state index is 6.69. The smallest absolute Gasteiger partial charge is 0.149 e. The number of benzene rings is 5. The number of nitrogens with zero attached hydrogens (tertiary/aromatic N) is 1. The number of ether oxygens (including phenoxy) is 1. The third kappa shape index (κ3) is 4.12. The topological polar surface area (TPSA) is 12.5 Å². The van der Waals surface area contributed by atoms with Crippen LogP contribution in [0.4, 0.5) is 17.1 Å². The van der Waals surface area contributed by atoms with Crippen LogP contribution < -0.4 is 9.64 Å². The van der Waals surface area contributed by atoms with Crippen LogP contribution in [0.1, 0.15) is 0 Å². The molecule has 5 heteroatoms. The van der Waals surface area contributed by atoms with Gasteiger partial charge in [-0.15, -0.1) is 0 Å². The third-order valence-corrected chi connectivity index (χ3v) is 7.67. The predicted octanol–water partition coefficient (Wildman–Crippen LogP) is 10.9. The Labute approximate surface area is 229 Å². The van der Waals surface area contributed by atoms with Gasteiger partial charge in [0.05, 0.1) is 15.8 Å². The minimum atomic E-state index is 0.783. The maximum Gasteiger partial charge on any atom is 0.149 e. The summed E-state index contributed by atoms with van der Waals surface area (Å²) in [5.74, 6) is 1.58. The molecule has 6 rings (SSSR count). The highest BCUT2D eigenvalue weighted by molar-refractivity contribution is 9.11. The van der Waals surface area contributed by atoms with Gasteiger partial charge < -0.3 is 9.64 Å². The molecule has 1 aliphatic rings.